The maximum atomic E-state index is 5.46. The van der Waals surface area contributed by atoms with Crippen molar-refractivity contribution in [1.29, 1.82) is 0 Å². The molecule has 0 aliphatic carbocycles. The van der Waals surface area contributed by atoms with E-state index in [1.807, 2.05) is 42.5 Å². The summed E-state index contributed by atoms with van der Waals surface area (Å²) < 4.78 is 10.8. The number of aromatic nitrogens is 3. The van der Waals surface area contributed by atoms with Gasteiger partial charge in [0.05, 0.1) is 20.3 Å². The van der Waals surface area contributed by atoms with E-state index in [4.69, 9.17) is 24.4 Å². The van der Waals surface area contributed by atoms with Crippen LogP contribution in [-0.4, -0.2) is 48.4 Å². The van der Waals surface area contributed by atoms with Gasteiger partial charge in [-0.15, -0.1) is 0 Å². The Labute approximate surface area is 158 Å². The molecule has 0 amide bonds. The van der Waals surface area contributed by atoms with Crippen LogP contribution in [0.1, 0.15) is 11.4 Å². The van der Waals surface area contributed by atoms with Crippen molar-refractivity contribution < 1.29 is 9.47 Å². The number of methoxy groups -OCH3 is 1. The Morgan fingerprint density at radius 3 is 2.56 bits per heavy atom. The van der Waals surface area contributed by atoms with E-state index in [0.717, 1.165) is 30.2 Å². The van der Waals surface area contributed by atoms with Crippen LogP contribution in [0.2, 0.25) is 0 Å². The Balaban J connectivity index is 1.73. The van der Waals surface area contributed by atoms with Crippen LogP contribution in [0.25, 0.3) is 11.4 Å². The summed E-state index contributed by atoms with van der Waals surface area (Å²) in [6, 6.07) is 18.1. The van der Waals surface area contributed by atoms with Gasteiger partial charge in [-0.25, -0.2) is 4.98 Å². The summed E-state index contributed by atoms with van der Waals surface area (Å²) in [4.78, 5) is 16.4. The number of hydrogen-bond donors (Lipinski definition) is 0. The standard InChI is InChI=1S/C21H22N4O2/c1-26-18-9-5-8-17(15-18)20-22-19(14-16-6-3-2-4-7-16)23-21(24-20)25-10-12-27-13-11-25/h2-9,15H,10-14H2,1H3. The van der Waals surface area contributed by atoms with E-state index in [1.165, 1.54) is 5.56 Å². The lowest BCUT2D eigenvalue weighted by molar-refractivity contribution is 0.122. The molecule has 1 saturated heterocycles. The summed E-state index contributed by atoms with van der Waals surface area (Å²) in [5.74, 6) is 2.91. The van der Waals surface area contributed by atoms with Crippen molar-refractivity contribution in [2.24, 2.45) is 0 Å². The maximum absolute atomic E-state index is 5.46. The fourth-order valence-corrected chi connectivity index (χ4v) is 3.06. The van der Waals surface area contributed by atoms with Crippen molar-refractivity contribution in [2.45, 2.75) is 6.42 Å². The molecule has 0 bridgehead atoms. The summed E-state index contributed by atoms with van der Waals surface area (Å²) in [7, 11) is 1.66. The van der Waals surface area contributed by atoms with E-state index in [2.05, 4.69) is 17.0 Å². The molecule has 3 aromatic rings. The third-order valence-electron chi connectivity index (χ3n) is 4.50. The second kappa shape index (κ2) is 8.14. The van der Waals surface area contributed by atoms with Crippen LogP contribution in [0.3, 0.4) is 0 Å². The molecule has 6 nitrogen and oxygen atoms in total. The van der Waals surface area contributed by atoms with Gasteiger partial charge in [0, 0.05) is 25.1 Å². The highest BCUT2D eigenvalue weighted by Gasteiger charge is 2.17. The molecular formula is C21H22N4O2. The van der Waals surface area contributed by atoms with Crippen molar-refractivity contribution >= 4 is 5.95 Å². The smallest absolute Gasteiger partial charge is 0.229 e. The number of anilines is 1. The molecule has 6 heteroatoms. The SMILES string of the molecule is COc1cccc(-c2nc(Cc3ccccc3)nc(N3CCOCC3)n2)c1. The lowest BCUT2D eigenvalue weighted by Crippen LogP contribution is -2.37. The van der Waals surface area contributed by atoms with Gasteiger partial charge in [-0.2, -0.15) is 9.97 Å². The van der Waals surface area contributed by atoms with Gasteiger partial charge >= 0.3 is 0 Å². The fourth-order valence-electron chi connectivity index (χ4n) is 3.06. The molecule has 27 heavy (non-hydrogen) atoms. The Morgan fingerprint density at radius 2 is 1.78 bits per heavy atom. The number of benzene rings is 2. The number of ether oxygens (including phenoxy) is 2. The van der Waals surface area contributed by atoms with E-state index >= 15 is 0 Å². The number of rotatable bonds is 5. The van der Waals surface area contributed by atoms with Gasteiger partial charge in [0.15, 0.2) is 5.82 Å². The third kappa shape index (κ3) is 4.23. The molecule has 0 saturated carbocycles. The first kappa shape index (κ1) is 17.4. The molecular weight excluding hydrogens is 340 g/mol. The highest BCUT2D eigenvalue weighted by atomic mass is 16.5. The van der Waals surface area contributed by atoms with Gasteiger partial charge in [-0.05, 0) is 17.7 Å². The molecule has 0 atom stereocenters. The molecule has 1 aliphatic heterocycles. The summed E-state index contributed by atoms with van der Waals surface area (Å²) >= 11 is 0. The van der Waals surface area contributed by atoms with E-state index < -0.39 is 0 Å². The quantitative estimate of drug-likeness (QED) is 0.695. The lowest BCUT2D eigenvalue weighted by atomic mass is 10.1. The van der Waals surface area contributed by atoms with Crippen LogP contribution < -0.4 is 9.64 Å². The zero-order chi connectivity index (χ0) is 18.5. The largest absolute Gasteiger partial charge is 0.497 e. The van der Waals surface area contributed by atoms with Gasteiger partial charge in [0.1, 0.15) is 11.6 Å². The van der Waals surface area contributed by atoms with Gasteiger partial charge in [-0.3, -0.25) is 0 Å². The normalized spacial score (nSPS) is 14.2. The second-order valence-electron chi connectivity index (χ2n) is 6.37. The van der Waals surface area contributed by atoms with E-state index in [9.17, 15) is 0 Å². The van der Waals surface area contributed by atoms with Gasteiger partial charge in [0.25, 0.3) is 0 Å². The van der Waals surface area contributed by atoms with Crippen LogP contribution in [0.5, 0.6) is 5.75 Å². The minimum Gasteiger partial charge on any atom is -0.497 e. The van der Waals surface area contributed by atoms with Gasteiger partial charge < -0.3 is 14.4 Å². The minimum atomic E-state index is 0.663. The molecule has 138 valence electrons. The molecule has 0 N–H and O–H groups in total. The molecule has 1 fully saturated rings. The van der Waals surface area contributed by atoms with Crippen LogP contribution in [0, 0.1) is 0 Å². The van der Waals surface area contributed by atoms with Crippen molar-refractivity contribution in [1.82, 2.24) is 15.0 Å². The number of nitrogens with zero attached hydrogens (tertiary/aromatic N) is 4. The molecule has 4 rings (SSSR count). The predicted molar refractivity (Wildman–Crippen MR) is 104 cm³/mol. The Morgan fingerprint density at radius 1 is 0.963 bits per heavy atom. The molecule has 1 aromatic heterocycles. The molecule has 0 radical (unpaired) electrons. The average molecular weight is 362 g/mol. The van der Waals surface area contributed by atoms with Crippen LogP contribution in [0.15, 0.2) is 54.6 Å². The maximum Gasteiger partial charge on any atom is 0.229 e. The van der Waals surface area contributed by atoms with E-state index in [-0.39, 0.29) is 0 Å². The molecule has 0 spiro atoms. The van der Waals surface area contributed by atoms with Gasteiger partial charge in [-0.1, -0.05) is 42.5 Å². The van der Waals surface area contributed by atoms with Crippen molar-refractivity contribution in [2.75, 3.05) is 38.3 Å². The molecule has 0 unspecified atom stereocenters. The van der Waals surface area contributed by atoms with Crippen LogP contribution >= 0.6 is 0 Å². The Hall–Kier alpha value is -2.99. The minimum absolute atomic E-state index is 0.663. The number of hydrogen-bond acceptors (Lipinski definition) is 6. The van der Waals surface area contributed by atoms with Crippen molar-refractivity contribution in [3.8, 4) is 17.1 Å². The first-order chi connectivity index (χ1) is 13.3. The molecule has 2 heterocycles. The van der Waals surface area contributed by atoms with Crippen molar-refractivity contribution in [3.63, 3.8) is 0 Å². The lowest BCUT2D eigenvalue weighted by Gasteiger charge is -2.27. The highest BCUT2D eigenvalue weighted by molar-refractivity contribution is 5.59. The van der Waals surface area contributed by atoms with Crippen LogP contribution in [0.4, 0.5) is 5.95 Å². The highest BCUT2D eigenvalue weighted by Crippen LogP contribution is 2.23. The van der Waals surface area contributed by atoms with E-state index in [1.54, 1.807) is 7.11 Å². The fraction of sp³-hybridized carbons (Fsp3) is 0.286. The second-order valence-corrected chi connectivity index (χ2v) is 6.37. The topological polar surface area (TPSA) is 60.4 Å². The Bertz CT molecular complexity index is 896. The third-order valence-corrected chi connectivity index (χ3v) is 4.50. The van der Waals surface area contributed by atoms with Crippen molar-refractivity contribution in [3.05, 3.63) is 66.0 Å². The van der Waals surface area contributed by atoms with E-state index in [0.29, 0.717) is 31.4 Å². The monoisotopic (exact) mass is 362 g/mol. The average Bonchev–Trinajstić information content (AvgIpc) is 2.75. The summed E-state index contributed by atoms with van der Waals surface area (Å²) in [6.07, 6.45) is 0.664. The first-order valence-electron chi connectivity index (χ1n) is 9.08. The van der Waals surface area contributed by atoms with Gasteiger partial charge in [0.2, 0.25) is 5.95 Å². The first-order valence-corrected chi connectivity index (χ1v) is 9.08. The summed E-state index contributed by atoms with van der Waals surface area (Å²) in [5.41, 5.74) is 2.09. The summed E-state index contributed by atoms with van der Waals surface area (Å²) in [5, 5.41) is 0. The molecule has 2 aromatic carbocycles. The number of morpholine rings is 1. The zero-order valence-electron chi connectivity index (χ0n) is 15.3. The predicted octanol–water partition coefficient (Wildman–Crippen LogP) is 2.97. The Kier molecular flexibility index (Phi) is 5.25. The zero-order valence-corrected chi connectivity index (χ0v) is 15.3. The van der Waals surface area contributed by atoms with Crippen LogP contribution in [-0.2, 0) is 11.2 Å². The summed E-state index contributed by atoms with van der Waals surface area (Å²) in [6.45, 7) is 2.95. The molecule has 1 aliphatic rings.